The summed E-state index contributed by atoms with van der Waals surface area (Å²) >= 11 is 6.02. The number of imidazole rings is 1. The van der Waals surface area contributed by atoms with E-state index in [1.165, 1.54) is 0 Å². The van der Waals surface area contributed by atoms with Gasteiger partial charge < -0.3 is 19.0 Å². The maximum atomic E-state index is 12.6. The number of hydrogen-bond acceptors (Lipinski definition) is 5. The fourth-order valence-corrected chi connectivity index (χ4v) is 3.64. The van der Waals surface area contributed by atoms with Crippen LogP contribution in [0.1, 0.15) is 0 Å². The van der Waals surface area contributed by atoms with Crippen LogP contribution in [0.15, 0.2) is 58.0 Å². The SMILES string of the molecule is O=c1oc2cc(N3CCNCC3)ccc2cc1-c1cn2ccc(Cl)cc2n1. The molecule has 27 heavy (non-hydrogen) atoms. The molecule has 4 aromatic rings. The van der Waals surface area contributed by atoms with E-state index in [0.29, 0.717) is 27.5 Å². The summed E-state index contributed by atoms with van der Waals surface area (Å²) < 4.78 is 7.46. The van der Waals surface area contributed by atoms with E-state index in [1.54, 1.807) is 18.3 Å². The van der Waals surface area contributed by atoms with Gasteiger partial charge in [-0.2, -0.15) is 0 Å². The van der Waals surface area contributed by atoms with Gasteiger partial charge >= 0.3 is 5.63 Å². The fraction of sp³-hybridized carbons (Fsp3) is 0.200. The number of nitrogens with zero attached hydrogens (tertiary/aromatic N) is 3. The number of piperazine rings is 1. The molecule has 1 N–H and O–H groups in total. The lowest BCUT2D eigenvalue weighted by atomic mass is 10.1. The molecule has 0 atom stereocenters. The van der Waals surface area contributed by atoms with Crippen LogP contribution in [0.3, 0.4) is 0 Å². The van der Waals surface area contributed by atoms with Gasteiger partial charge in [0.15, 0.2) is 0 Å². The van der Waals surface area contributed by atoms with Crippen molar-refractivity contribution in [1.29, 1.82) is 0 Å². The first-order valence-corrected chi connectivity index (χ1v) is 9.23. The molecule has 4 heterocycles. The zero-order chi connectivity index (χ0) is 18.4. The van der Waals surface area contributed by atoms with Gasteiger partial charge in [0, 0.05) is 66.8 Å². The van der Waals surface area contributed by atoms with Crippen molar-refractivity contribution in [3.63, 3.8) is 0 Å². The smallest absolute Gasteiger partial charge is 0.345 e. The van der Waals surface area contributed by atoms with Gasteiger partial charge in [-0.05, 0) is 24.3 Å². The molecule has 5 rings (SSSR count). The molecule has 1 aliphatic heterocycles. The van der Waals surface area contributed by atoms with Gasteiger partial charge in [0.05, 0.1) is 11.3 Å². The van der Waals surface area contributed by atoms with E-state index in [9.17, 15) is 4.79 Å². The summed E-state index contributed by atoms with van der Waals surface area (Å²) in [6.07, 6.45) is 3.62. The predicted molar refractivity (Wildman–Crippen MR) is 107 cm³/mol. The number of benzene rings is 1. The third-order valence-corrected chi connectivity index (χ3v) is 5.14. The number of halogens is 1. The Morgan fingerprint density at radius 3 is 2.81 bits per heavy atom. The lowest BCUT2D eigenvalue weighted by molar-refractivity contribution is 0.561. The first-order chi connectivity index (χ1) is 13.2. The molecule has 1 aromatic carbocycles. The van der Waals surface area contributed by atoms with Crippen molar-refractivity contribution in [2.24, 2.45) is 0 Å². The summed E-state index contributed by atoms with van der Waals surface area (Å²) in [6, 6.07) is 11.4. The predicted octanol–water partition coefficient (Wildman–Crippen LogP) is 3.17. The van der Waals surface area contributed by atoms with Gasteiger partial charge in [-0.1, -0.05) is 11.6 Å². The molecule has 0 amide bonds. The number of nitrogens with one attached hydrogen (secondary N) is 1. The Morgan fingerprint density at radius 2 is 1.96 bits per heavy atom. The van der Waals surface area contributed by atoms with Gasteiger partial charge in [-0.15, -0.1) is 0 Å². The van der Waals surface area contributed by atoms with Crippen LogP contribution in [0.25, 0.3) is 27.9 Å². The van der Waals surface area contributed by atoms with E-state index >= 15 is 0 Å². The van der Waals surface area contributed by atoms with Crippen LogP contribution in [0.4, 0.5) is 5.69 Å². The van der Waals surface area contributed by atoms with Crippen LogP contribution in [-0.2, 0) is 0 Å². The van der Waals surface area contributed by atoms with E-state index in [-0.39, 0.29) is 0 Å². The molecule has 1 aliphatic rings. The molecular weight excluding hydrogens is 364 g/mol. The number of rotatable bonds is 2. The topological polar surface area (TPSA) is 62.8 Å². The van der Waals surface area contributed by atoms with E-state index in [4.69, 9.17) is 16.0 Å². The summed E-state index contributed by atoms with van der Waals surface area (Å²) in [7, 11) is 0. The normalized spacial score (nSPS) is 14.9. The zero-order valence-electron chi connectivity index (χ0n) is 14.5. The summed E-state index contributed by atoms with van der Waals surface area (Å²) in [5.74, 6) is 0. The zero-order valence-corrected chi connectivity index (χ0v) is 15.2. The van der Waals surface area contributed by atoms with Crippen LogP contribution in [-0.4, -0.2) is 35.6 Å². The van der Waals surface area contributed by atoms with Crippen LogP contribution >= 0.6 is 11.6 Å². The van der Waals surface area contributed by atoms with Crippen LogP contribution in [0.2, 0.25) is 5.02 Å². The van der Waals surface area contributed by atoms with Crippen molar-refractivity contribution in [2.45, 2.75) is 0 Å². The maximum absolute atomic E-state index is 12.6. The molecule has 1 saturated heterocycles. The third-order valence-electron chi connectivity index (χ3n) is 4.90. The highest BCUT2D eigenvalue weighted by atomic mass is 35.5. The van der Waals surface area contributed by atoms with Gasteiger partial charge in [0.2, 0.25) is 0 Å². The molecule has 0 unspecified atom stereocenters. The molecule has 0 aliphatic carbocycles. The summed E-state index contributed by atoms with van der Waals surface area (Å²) in [6.45, 7) is 3.80. The largest absolute Gasteiger partial charge is 0.422 e. The van der Waals surface area contributed by atoms with Crippen LogP contribution in [0.5, 0.6) is 0 Å². The van der Waals surface area contributed by atoms with E-state index in [2.05, 4.69) is 21.3 Å². The quantitative estimate of drug-likeness (QED) is 0.541. The minimum Gasteiger partial charge on any atom is -0.422 e. The number of fused-ring (bicyclic) bond motifs is 2. The monoisotopic (exact) mass is 380 g/mol. The first kappa shape index (κ1) is 16.4. The number of aromatic nitrogens is 2. The average molecular weight is 381 g/mol. The lowest BCUT2D eigenvalue weighted by Crippen LogP contribution is -2.43. The van der Waals surface area contributed by atoms with Crippen molar-refractivity contribution >= 4 is 33.9 Å². The minimum atomic E-state index is -0.394. The fourth-order valence-electron chi connectivity index (χ4n) is 3.49. The standard InChI is InChI=1S/C20H17ClN4O2/c21-14-3-6-25-12-17(23-19(25)10-14)16-9-13-1-2-15(11-18(13)27-20(16)26)24-7-4-22-5-8-24/h1-3,6,9-12,22H,4-5,7-8H2. The molecule has 0 saturated carbocycles. The van der Waals surface area contributed by atoms with Gasteiger partial charge in [-0.3, -0.25) is 0 Å². The van der Waals surface area contributed by atoms with E-state index < -0.39 is 5.63 Å². The van der Waals surface area contributed by atoms with Crippen molar-refractivity contribution in [3.05, 3.63) is 64.2 Å². The molecular formula is C20H17ClN4O2. The Bertz CT molecular complexity index is 1210. The summed E-state index contributed by atoms with van der Waals surface area (Å²) in [5, 5.41) is 4.81. The molecule has 136 valence electrons. The highest BCUT2D eigenvalue weighted by Gasteiger charge is 2.15. The molecule has 3 aromatic heterocycles. The highest BCUT2D eigenvalue weighted by Crippen LogP contribution is 2.25. The Morgan fingerprint density at radius 1 is 1.11 bits per heavy atom. The van der Waals surface area contributed by atoms with Gasteiger partial charge in [-0.25, -0.2) is 9.78 Å². The minimum absolute atomic E-state index is 0.394. The Hall–Kier alpha value is -2.83. The molecule has 0 radical (unpaired) electrons. The number of hydrogen-bond donors (Lipinski definition) is 1. The average Bonchev–Trinajstić information content (AvgIpc) is 3.10. The van der Waals surface area contributed by atoms with Crippen molar-refractivity contribution in [1.82, 2.24) is 14.7 Å². The number of anilines is 1. The Balaban J connectivity index is 1.58. The highest BCUT2D eigenvalue weighted by molar-refractivity contribution is 6.30. The second kappa shape index (κ2) is 6.40. The van der Waals surface area contributed by atoms with E-state index in [0.717, 1.165) is 37.3 Å². The summed E-state index contributed by atoms with van der Waals surface area (Å²) in [5.41, 5.74) is 2.96. The van der Waals surface area contributed by atoms with Crippen molar-refractivity contribution in [2.75, 3.05) is 31.1 Å². The Labute approximate surface area is 160 Å². The van der Waals surface area contributed by atoms with Gasteiger partial charge in [0.25, 0.3) is 0 Å². The third kappa shape index (κ3) is 2.97. The van der Waals surface area contributed by atoms with Crippen molar-refractivity contribution < 1.29 is 4.42 Å². The molecule has 0 bridgehead atoms. The Kier molecular flexibility index (Phi) is 3.88. The second-order valence-electron chi connectivity index (χ2n) is 6.64. The second-order valence-corrected chi connectivity index (χ2v) is 7.08. The van der Waals surface area contributed by atoms with E-state index in [1.807, 2.05) is 28.8 Å². The maximum Gasteiger partial charge on any atom is 0.345 e. The molecule has 0 spiro atoms. The molecule has 7 heteroatoms. The van der Waals surface area contributed by atoms with Crippen LogP contribution < -0.4 is 15.8 Å². The lowest BCUT2D eigenvalue weighted by Gasteiger charge is -2.29. The van der Waals surface area contributed by atoms with Crippen LogP contribution in [0, 0.1) is 0 Å². The molecule has 1 fully saturated rings. The van der Waals surface area contributed by atoms with Crippen molar-refractivity contribution in [3.8, 4) is 11.3 Å². The molecule has 6 nitrogen and oxygen atoms in total. The first-order valence-electron chi connectivity index (χ1n) is 8.86. The number of pyridine rings is 1. The summed E-state index contributed by atoms with van der Waals surface area (Å²) in [4.78, 5) is 19.4. The van der Waals surface area contributed by atoms with Gasteiger partial charge in [0.1, 0.15) is 11.2 Å².